The van der Waals surface area contributed by atoms with Crippen LogP contribution in [0.4, 0.5) is 0 Å². The van der Waals surface area contributed by atoms with Gasteiger partial charge in [-0.2, -0.15) is 0 Å². The number of carboxylic acids is 1. The second-order valence-corrected chi connectivity index (χ2v) is 6.21. The predicted octanol–water partition coefficient (Wildman–Crippen LogP) is 0.323. The van der Waals surface area contributed by atoms with Gasteiger partial charge in [-0.1, -0.05) is 6.92 Å². The van der Waals surface area contributed by atoms with E-state index >= 15 is 0 Å². The average molecular weight is 261 g/mol. The molecule has 1 aliphatic rings. The largest absolute Gasteiger partial charge is 0.481 e. The molecule has 4 unspecified atom stereocenters. The number of likely N-dealkylation sites (tertiary alicyclic amines) is 1. The van der Waals surface area contributed by atoms with Crippen LogP contribution in [0.3, 0.4) is 0 Å². The van der Waals surface area contributed by atoms with Crippen LogP contribution in [0.1, 0.15) is 20.3 Å². The van der Waals surface area contributed by atoms with Crippen LogP contribution in [-0.4, -0.2) is 50.7 Å². The number of rotatable bonds is 4. The van der Waals surface area contributed by atoms with Crippen molar-refractivity contribution in [3.05, 3.63) is 0 Å². The van der Waals surface area contributed by atoms with Crippen LogP contribution in [0.15, 0.2) is 0 Å². The van der Waals surface area contributed by atoms with Gasteiger partial charge >= 0.3 is 5.97 Å². The van der Waals surface area contributed by atoms with Gasteiger partial charge in [0.25, 0.3) is 0 Å². The zero-order valence-corrected chi connectivity index (χ0v) is 11.2. The first kappa shape index (κ1) is 14.2. The maximum absolute atomic E-state index is 11.8. The second-order valence-electron chi connectivity index (χ2n) is 4.65. The normalized spacial score (nSPS) is 31.4. The molecule has 17 heavy (non-hydrogen) atoms. The number of aliphatic carboxylic acids is 1. The van der Waals surface area contributed by atoms with Gasteiger partial charge in [0.15, 0.2) is 0 Å². The molecule has 1 fully saturated rings. The second kappa shape index (κ2) is 5.62. The Hall–Kier alpha value is -0.910. The molecule has 1 aliphatic heterocycles. The van der Waals surface area contributed by atoms with Gasteiger partial charge in [-0.3, -0.25) is 13.8 Å². The third-order valence-electron chi connectivity index (χ3n) is 3.35. The molecule has 0 aromatic rings. The Morgan fingerprint density at radius 2 is 2.12 bits per heavy atom. The van der Waals surface area contributed by atoms with Gasteiger partial charge in [-0.25, -0.2) is 0 Å². The Labute approximate surface area is 104 Å². The summed E-state index contributed by atoms with van der Waals surface area (Å²) in [4.78, 5) is 24.6. The molecule has 0 radical (unpaired) electrons. The molecular weight excluding hydrogens is 242 g/mol. The summed E-state index contributed by atoms with van der Waals surface area (Å²) in [6.45, 7) is 3.92. The molecule has 1 saturated heterocycles. The number of nitrogens with zero attached hydrogens (tertiary/aromatic N) is 1. The van der Waals surface area contributed by atoms with Crippen LogP contribution in [0.25, 0.3) is 0 Å². The van der Waals surface area contributed by atoms with E-state index in [0.29, 0.717) is 12.3 Å². The molecule has 4 atom stereocenters. The van der Waals surface area contributed by atoms with Gasteiger partial charge in [0.2, 0.25) is 5.91 Å². The monoisotopic (exact) mass is 261 g/mol. The van der Waals surface area contributed by atoms with Crippen molar-refractivity contribution >= 4 is 22.7 Å². The van der Waals surface area contributed by atoms with E-state index in [1.807, 2.05) is 0 Å². The molecule has 0 aliphatic carbocycles. The van der Waals surface area contributed by atoms with Crippen molar-refractivity contribution in [3.8, 4) is 0 Å². The molecule has 0 aromatic heterocycles. The van der Waals surface area contributed by atoms with Gasteiger partial charge in [0.05, 0.1) is 5.92 Å². The molecule has 0 aromatic carbocycles. The minimum absolute atomic E-state index is 0.0343. The van der Waals surface area contributed by atoms with Gasteiger partial charge in [-0.15, -0.1) is 0 Å². The summed E-state index contributed by atoms with van der Waals surface area (Å²) >= 11 is 0. The van der Waals surface area contributed by atoms with E-state index in [1.54, 1.807) is 25.0 Å². The molecule has 1 rings (SSSR count). The van der Waals surface area contributed by atoms with Crippen LogP contribution >= 0.6 is 0 Å². The fourth-order valence-electron chi connectivity index (χ4n) is 2.42. The molecule has 0 saturated carbocycles. The van der Waals surface area contributed by atoms with Crippen molar-refractivity contribution in [2.75, 3.05) is 18.6 Å². The lowest BCUT2D eigenvalue weighted by atomic mass is 9.81. The van der Waals surface area contributed by atoms with E-state index < -0.39 is 22.7 Å². The maximum Gasteiger partial charge on any atom is 0.308 e. The molecule has 1 N–H and O–H groups in total. The van der Waals surface area contributed by atoms with Crippen LogP contribution in [0.5, 0.6) is 0 Å². The van der Waals surface area contributed by atoms with Crippen LogP contribution in [-0.2, 0) is 20.4 Å². The first-order valence-electron chi connectivity index (χ1n) is 5.67. The van der Waals surface area contributed by atoms with E-state index in [2.05, 4.69) is 0 Å². The van der Waals surface area contributed by atoms with Crippen molar-refractivity contribution in [1.29, 1.82) is 0 Å². The maximum atomic E-state index is 11.8. The van der Waals surface area contributed by atoms with Crippen molar-refractivity contribution in [1.82, 2.24) is 4.90 Å². The lowest BCUT2D eigenvalue weighted by Crippen LogP contribution is -2.53. The van der Waals surface area contributed by atoms with Crippen LogP contribution < -0.4 is 0 Å². The number of hydrogen-bond acceptors (Lipinski definition) is 3. The van der Waals surface area contributed by atoms with Gasteiger partial charge in [0, 0.05) is 41.8 Å². The minimum atomic E-state index is -0.969. The van der Waals surface area contributed by atoms with Crippen molar-refractivity contribution in [2.24, 2.45) is 11.8 Å². The highest BCUT2D eigenvalue weighted by atomic mass is 32.2. The summed E-state index contributed by atoms with van der Waals surface area (Å²) in [5.41, 5.74) is 0. The molecule has 0 bridgehead atoms. The SMILES string of the molecule is CC1CC(=O)N(CCS(C)=O)C(C)C1C(=O)O. The summed E-state index contributed by atoms with van der Waals surface area (Å²) in [5.74, 6) is -1.17. The first-order valence-corrected chi connectivity index (χ1v) is 7.39. The Kier molecular flexibility index (Phi) is 4.68. The first-order chi connectivity index (χ1) is 7.84. The number of hydrogen-bond donors (Lipinski definition) is 1. The summed E-state index contributed by atoms with van der Waals surface area (Å²) in [7, 11) is -0.969. The van der Waals surface area contributed by atoms with E-state index in [9.17, 15) is 13.8 Å². The standard InChI is InChI=1S/C11H19NO4S/c1-7-6-9(13)12(4-5-17(3)16)8(2)10(7)11(14)15/h7-8,10H,4-6H2,1-3H3,(H,14,15). The molecule has 0 spiro atoms. The Bertz CT molecular complexity index is 344. The minimum Gasteiger partial charge on any atom is -0.481 e. The summed E-state index contributed by atoms with van der Waals surface area (Å²) in [6.07, 6.45) is 1.84. The van der Waals surface area contributed by atoms with E-state index in [0.717, 1.165) is 0 Å². The zero-order valence-electron chi connectivity index (χ0n) is 10.4. The molecular formula is C11H19NO4S. The number of carbonyl (C=O) groups is 2. The fraction of sp³-hybridized carbons (Fsp3) is 0.818. The highest BCUT2D eigenvalue weighted by Gasteiger charge is 2.41. The number of piperidine rings is 1. The summed E-state index contributed by atoms with van der Waals surface area (Å²) in [5, 5.41) is 9.16. The number of carbonyl (C=O) groups excluding carboxylic acids is 1. The Balaban J connectivity index is 2.78. The van der Waals surface area contributed by atoms with Crippen molar-refractivity contribution < 1.29 is 18.9 Å². The molecule has 1 amide bonds. The third kappa shape index (κ3) is 3.28. The molecule has 6 heteroatoms. The lowest BCUT2D eigenvalue weighted by Gasteiger charge is -2.40. The Morgan fingerprint density at radius 3 is 2.59 bits per heavy atom. The lowest BCUT2D eigenvalue weighted by molar-refractivity contribution is -0.154. The third-order valence-corrected chi connectivity index (χ3v) is 4.10. The van der Waals surface area contributed by atoms with Crippen LogP contribution in [0.2, 0.25) is 0 Å². The smallest absolute Gasteiger partial charge is 0.308 e. The van der Waals surface area contributed by atoms with E-state index in [-0.39, 0.29) is 24.3 Å². The molecule has 5 nitrogen and oxygen atoms in total. The molecule has 98 valence electrons. The fourth-order valence-corrected chi connectivity index (χ4v) is 2.87. The van der Waals surface area contributed by atoms with Crippen molar-refractivity contribution in [2.45, 2.75) is 26.3 Å². The highest BCUT2D eigenvalue weighted by molar-refractivity contribution is 7.84. The molecule has 1 heterocycles. The van der Waals surface area contributed by atoms with Gasteiger partial charge < -0.3 is 10.0 Å². The number of carboxylic acid groups (broad SMARTS) is 1. The summed E-state index contributed by atoms with van der Waals surface area (Å²) in [6, 6.07) is -0.327. The Morgan fingerprint density at radius 1 is 1.53 bits per heavy atom. The summed E-state index contributed by atoms with van der Waals surface area (Å²) < 4.78 is 11.0. The average Bonchev–Trinajstić information content (AvgIpc) is 2.14. The highest BCUT2D eigenvalue weighted by Crippen LogP contribution is 2.29. The van der Waals surface area contributed by atoms with Gasteiger partial charge in [-0.05, 0) is 12.8 Å². The van der Waals surface area contributed by atoms with Crippen LogP contribution in [0, 0.1) is 11.8 Å². The van der Waals surface area contributed by atoms with E-state index in [4.69, 9.17) is 5.11 Å². The quantitative estimate of drug-likeness (QED) is 0.791. The topological polar surface area (TPSA) is 74.7 Å². The van der Waals surface area contributed by atoms with E-state index in [1.165, 1.54) is 0 Å². The van der Waals surface area contributed by atoms with Gasteiger partial charge in [0.1, 0.15) is 0 Å². The number of amides is 1. The zero-order chi connectivity index (χ0) is 13.2. The van der Waals surface area contributed by atoms with Crippen molar-refractivity contribution in [3.63, 3.8) is 0 Å². The predicted molar refractivity (Wildman–Crippen MR) is 65.0 cm³/mol.